The van der Waals surface area contributed by atoms with Gasteiger partial charge in [0.1, 0.15) is 15.9 Å². The molecule has 0 amide bonds. The predicted molar refractivity (Wildman–Crippen MR) is 45.2 cm³/mol. The fourth-order valence-corrected chi connectivity index (χ4v) is 1.45. The van der Waals surface area contributed by atoms with Gasteiger partial charge in [-0.15, -0.1) is 0 Å². The maximum absolute atomic E-state index is 10.7. The van der Waals surface area contributed by atoms with Gasteiger partial charge in [-0.3, -0.25) is 0 Å². The van der Waals surface area contributed by atoms with E-state index in [9.17, 15) is 13.0 Å². The Bertz CT molecular complexity index is 413. The topological polar surface area (TPSA) is 66.4 Å². The Kier molecular flexibility index (Phi) is 6.14. The van der Waals surface area contributed by atoms with E-state index in [1.807, 2.05) is 0 Å². The van der Waals surface area contributed by atoms with Crippen molar-refractivity contribution in [2.24, 2.45) is 0 Å². The van der Waals surface area contributed by atoms with E-state index in [-0.39, 0.29) is 62.0 Å². The third-order valence-electron chi connectivity index (χ3n) is 1.33. The molecule has 0 aliphatic heterocycles. The van der Waals surface area contributed by atoms with Gasteiger partial charge >= 0.3 is 51.4 Å². The number of hydrogen-bond donors (Lipinski definition) is 0. The van der Waals surface area contributed by atoms with Crippen molar-refractivity contribution in [1.29, 1.82) is 0 Å². The standard InChI is InChI=1S/C8H8O4S.K/c1-2-12-7-5-3-4-6-8(7)13(9,10)11;/h2-6H,1H2,(H,9,10,11);/q;+1/p-1. The quantitative estimate of drug-likeness (QED) is 0.351. The molecule has 0 aromatic heterocycles. The van der Waals surface area contributed by atoms with Crippen molar-refractivity contribution >= 4 is 10.1 Å². The van der Waals surface area contributed by atoms with Gasteiger partial charge in [0.05, 0.1) is 11.2 Å². The summed E-state index contributed by atoms with van der Waals surface area (Å²) in [5.74, 6) is -0.00694. The van der Waals surface area contributed by atoms with E-state index < -0.39 is 10.1 Å². The monoisotopic (exact) mass is 238 g/mol. The van der Waals surface area contributed by atoms with E-state index >= 15 is 0 Å². The summed E-state index contributed by atoms with van der Waals surface area (Å²) in [6, 6.07) is 5.57. The van der Waals surface area contributed by atoms with Crippen LogP contribution in [0, 0.1) is 0 Å². The molecular formula is C8H7KO4S. The molecule has 0 radical (unpaired) electrons. The van der Waals surface area contributed by atoms with Gasteiger partial charge in [-0.25, -0.2) is 8.42 Å². The molecule has 0 aliphatic rings. The molecular weight excluding hydrogens is 231 g/mol. The second-order valence-electron chi connectivity index (χ2n) is 2.19. The average molecular weight is 238 g/mol. The molecule has 14 heavy (non-hydrogen) atoms. The third-order valence-corrected chi connectivity index (χ3v) is 2.20. The summed E-state index contributed by atoms with van der Waals surface area (Å²) >= 11 is 0. The molecule has 0 bridgehead atoms. The first-order valence-electron chi connectivity index (χ1n) is 3.38. The molecule has 0 heterocycles. The van der Waals surface area contributed by atoms with Crippen LogP contribution in [-0.2, 0) is 10.1 Å². The Morgan fingerprint density at radius 2 is 1.93 bits per heavy atom. The van der Waals surface area contributed by atoms with E-state index in [4.69, 9.17) is 4.74 Å². The van der Waals surface area contributed by atoms with Crippen LogP contribution in [0.25, 0.3) is 0 Å². The van der Waals surface area contributed by atoms with Gasteiger partial charge in [0.2, 0.25) is 0 Å². The zero-order valence-corrected chi connectivity index (χ0v) is 11.6. The molecule has 0 unspecified atom stereocenters. The molecule has 0 saturated carbocycles. The second kappa shape index (κ2) is 6.01. The minimum Gasteiger partial charge on any atom is -0.744 e. The first-order valence-corrected chi connectivity index (χ1v) is 4.79. The van der Waals surface area contributed by atoms with Gasteiger partial charge in [-0.05, 0) is 12.1 Å². The van der Waals surface area contributed by atoms with Crippen LogP contribution in [0.3, 0.4) is 0 Å². The second-order valence-corrected chi connectivity index (χ2v) is 3.53. The van der Waals surface area contributed by atoms with Crippen molar-refractivity contribution in [3.63, 3.8) is 0 Å². The van der Waals surface area contributed by atoms with Crippen LogP contribution in [0.15, 0.2) is 42.0 Å². The summed E-state index contributed by atoms with van der Waals surface area (Å²) in [4.78, 5) is -0.380. The summed E-state index contributed by atoms with van der Waals surface area (Å²) in [5, 5.41) is 0. The smallest absolute Gasteiger partial charge is 0.744 e. The molecule has 0 spiro atoms. The predicted octanol–water partition coefficient (Wildman–Crippen LogP) is -1.88. The van der Waals surface area contributed by atoms with E-state index in [2.05, 4.69) is 6.58 Å². The van der Waals surface area contributed by atoms with Gasteiger partial charge in [0.25, 0.3) is 0 Å². The number of rotatable bonds is 3. The summed E-state index contributed by atoms with van der Waals surface area (Å²) < 4.78 is 36.7. The molecule has 6 heteroatoms. The fourth-order valence-electron chi connectivity index (χ4n) is 0.844. The number of para-hydroxylation sites is 1. The fraction of sp³-hybridized carbons (Fsp3) is 0. The van der Waals surface area contributed by atoms with Crippen molar-refractivity contribution in [2.75, 3.05) is 0 Å². The SMILES string of the molecule is C=COc1ccccc1S(=O)(=O)[O-].[K+]. The third kappa shape index (κ3) is 3.82. The van der Waals surface area contributed by atoms with E-state index in [1.165, 1.54) is 18.2 Å². The first-order chi connectivity index (χ1) is 6.05. The molecule has 0 atom stereocenters. The van der Waals surface area contributed by atoms with E-state index in [0.29, 0.717) is 0 Å². The average Bonchev–Trinajstić information content (AvgIpc) is 2.04. The summed E-state index contributed by atoms with van der Waals surface area (Å²) in [6.07, 6.45) is 1.06. The maximum Gasteiger partial charge on any atom is 1.00 e. The van der Waals surface area contributed by atoms with Crippen LogP contribution in [0.4, 0.5) is 0 Å². The van der Waals surface area contributed by atoms with Gasteiger partial charge in [0.15, 0.2) is 0 Å². The normalized spacial score (nSPS) is 10.1. The summed E-state index contributed by atoms with van der Waals surface area (Å²) in [5.41, 5.74) is 0. The van der Waals surface area contributed by atoms with Crippen LogP contribution >= 0.6 is 0 Å². The van der Waals surface area contributed by atoms with Gasteiger partial charge in [0, 0.05) is 0 Å². The first kappa shape index (κ1) is 14.3. The Morgan fingerprint density at radius 3 is 2.43 bits per heavy atom. The van der Waals surface area contributed by atoms with Crippen LogP contribution in [0.1, 0.15) is 0 Å². The Balaban J connectivity index is 0.00000169. The number of benzene rings is 1. The minimum absolute atomic E-state index is 0. The van der Waals surface area contributed by atoms with Gasteiger partial charge in [-0.1, -0.05) is 18.7 Å². The molecule has 0 aliphatic carbocycles. The summed E-state index contributed by atoms with van der Waals surface area (Å²) in [7, 11) is -4.48. The van der Waals surface area contributed by atoms with Crippen molar-refractivity contribution in [2.45, 2.75) is 4.90 Å². The zero-order chi connectivity index (χ0) is 9.90. The number of ether oxygens (including phenoxy) is 1. The van der Waals surface area contributed by atoms with E-state index in [1.54, 1.807) is 6.07 Å². The number of hydrogen-bond acceptors (Lipinski definition) is 4. The Morgan fingerprint density at radius 1 is 1.36 bits per heavy atom. The largest absolute Gasteiger partial charge is 1.00 e. The van der Waals surface area contributed by atoms with Crippen molar-refractivity contribution in [3.05, 3.63) is 37.1 Å². The van der Waals surface area contributed by atoms with Crippen LogP contribution < -0.4 is 56.1 Å². The molecule has 0 N–H and O–H groups in total. The Labute approximate surface area is 125 Å². The summed E-state index contributed by atoms with van der Waals surface area (Å²) in [6.45, 7) is 3.26. The minimum atomic E-state index is -4.48. The molecule has 1 aromatic carbocycles. The van der Waals surface area contributed by atoms with Crippen LogP contribution in [-0.4, -0.2) is 13.0 Å². The molecule has 1 aromatic rings. The van der Waals surface area contributed by atoms with Crippen LogP contribution in [0.2, 0.25) is 0 Å². The molecule has 70 valence electrons. The van der Waals surface area contributed by atoms with Crippen molar-refractivity contribution in [1.82, 2.24) is 0 Å². The van der Waals surface area contributed by atoms with Gasteiger partial charge < -0.3 is 9.29 Å². The molecule has 0 fully saturated rings. The molecule has 0 saturated heterocycles. The zero-order valence-electron chi connectivity index (χ0n) is 7.64. The molecule has 4 nitrogen and oxygen atoms in total. The Hall–Kier alpha value is 0.306. The van der Waals surface area contributed by atoms with Crippen molar-refractivity contribution < 1.29 is 69.1 Å². The van der Waals surface area contributed by atoms with Gasteiger partial charge in [-0.2, -0.15) is 0 Å². The maximum atomic E-state index is 10.7. The van der Waals surface area contributed by atoms with Crippen LogP contribution in [0.5, 0.6) is 5.75 Å². The van der Waals surface area contributed by atoms with E-state index in [0.717, 1.165) is 6.26 Å². The molecule has 1 rings (SSSR count). The van der Waals surface area contributed by atoms with Crippen molar-refractivity contribution in [3.8, 4) is 5.75 Å².